The standard InChI is InChI=1S/C33H49N3O4/c1-4-5-6-7-8-9-10-11-12-13-14-19-39-22-28(37)23-40-29-16-18-31(32(38)21-29)33(35-24-34-25-36-33)30-17-15-26(2)20-27(30)3/h15-18,20-21,24-25,28,37-38H,4-14,19,22-23H2,1-3H3,(H,34,35,36). The number of hydrogen-bond donors (Lipinski definition) is 3. The molecule has 40 heavy (non-hydrogen) atoms. The second-order valence-corrected chi connectivity index (χ2v) is 11.0. The van der Waals surface area contributed by atoms with Gasteiger partial charge >= 0.3 is 0 Å². The summed E-state index contributed by atoms with van der Waals surface area (Å²) in [6.45, 7) is 7.31. The molecule has 7 nitrogen and oxygen atoms in total. The van der Waals surface area contributed by atoms with E-state index >= 15 is 0 Å². The summed E-state index contributed by atoms with van der Waals surface area (Å²) < 4.78 is 11.4. The number of phenols is 1. The average Bonchev–Trinajstić information content (AvgIpc) is 2.94. The number of rotatable bonds is 19. The van der Waals surface area contributed by atoms with Gasteiger partial charge < -0.3 is 25.0 Å². The van der Waals surface area contributed by atoms with Gasteiger partial charge in [-0.15, -0.1) is 0 Å². The van der Waals surface area contributed by atoms with Crippen molar-refractivity contribution < 1.29 is 19.7 Å². The van der Waals surface area contributed by atoms with Crippen LogP contribution in [0.15, 0.2) is 46.4 Å². The lowest BCUT2D eigenvalue weighted by molar-refractivity contribution is 0.0109. The number of hydrogen-bond acceptors (Lipinski definition) is 7. The van der Waals surface area contributed by atoms with Crippen molar-refractivity contribution in [2.45, 2.75) is 103 Å². The van der Waals surface area contributed by atoms with Gasteiger partial charge in [0.05, 0.1) is 12.9 Å². The van der Waals surface area contributed by atoms with Crippen molar-refractivity contribution in [2.75, 3.05) is 19.8 Å². The maximum absolute atomic E-state index is 11.0. The molecule has 0 radical (unpaired) electrons. The molecule has 7 heteroatoms. The molecule has 0 aromatic heterocycles. The van der Waals surface area contributed by atoms with Crippen molar-refractivity contribution in [3.8, 4) is 11.5 Å². The van der Waals surface area contributed by atoms with Crippen molar-refractivity contribution in [1.29, 1.82) is 0 Å². The van der Waals surface area contributed by atoms with Crippen LogP contribution in [0.5, 0.6) is 11.5 Å². The molecule has 2 aromatic carbocycles. The molecule has 0 spiro atoms. The van der Waals surface area contributed by atoms with Crippen molar-refractivity contribution in [3.05, 3.63) is 58.7 Å². The minimum absolute atomic E-state index is 0.0413. The number of aliphatic hydroxyl groups is 1. The zero-order valence-electron chi connectivity index (χ0n) is 24.7. The van der Waals surface area contributed by atoms with Gasteiger partial charge in [0, 0.05) is 23.8 Å². The predicted molar refractivity (Wildman–Crippen MR) is 164 cm³/mol. The van der Waals surface area contributed by atoms with Crippen LogP contribution in [-0.2, 0) is 10.4 Å². The molecule has 2 aromatic rings. The molecule has 0 saturated carbocycles. The van der Waals surface area contributed by atoms with Crippen LogP contribution in [-0.4, -0.2) is 48.8 Å². The lowest BCUT2D eigenvalue weighted by Gasteiger charge is -2.34. The molecule has 0 aliphatic carbocycles. The fraction of sp³-hybridized carbons (Fsp3) is 0.576. The topological polar surface area (TPSA) is 95.7 Å². The Bertz CT molecular complexity index is 1090. The zero-order chi connectivity index (χ0) is 28.6. The summed E-state index contributed by atoms with van der Waals surface area (Å²) in [6, 6.07) is 11.3. The van der Waals surface area contributed by atoms with Crippen molar-refractivity contribution in [2.24, 2.45) is 9.98 Å². The Morgan fingerprint density at radius 2 is 1.52 bits per heavy atom. The number of aromatic hydroxyl groups is 1. The van der Waals surface area contributed by atoms with E-state index in [4.69, 9.17) is 9.47 Å². The predicted octanol–water partition coefficient (Wildman–Crippen LogP) is 6.94. The van der Waals surface area contributed by atoms with Crippen LogP contribution in [0.4, 0.5) is 0 Å². The third kappa shape index (κ3) is 9.63. The Morgan fingerprint density at radius 1 is 0.850 bits per heavy atom. The van der Waals surface area contributed by atoms with Gasteiger partial charge in [-0.3, -0.25) is 0 Å². The number of phenolic OH excluding ortho intramolecular Hbond substituents is 1. The molecule has 0 amide bonds. The van der Waals surface area contributed by atoms with Crippen LogP contribution >= 0.6 is 0 Å². The van der Waals surface area contributed by atoms with Gasteiger partial charge in [0.25, 0.3) is 0 Å². The first kappa shape index (κ1) is 31.6. The van der Waals surface area contributed by atoms with Crippen LogP contribution in [0.2, 0.25) is 0 Å². The number of nitrogens with one attached hydrogen (secondary N) is 1. The SMILES string of the molecule is CCCCCCCCCCCCCOCC(O)COc1ccc([C@]2(c3ccc(C)cc3C)N=CN=CN2)c(O)c1. The molecule has 3 rings (SSSR count). The Morgan fingerprint density at radius 3 is 2.15 bits per heavy atom. The fourth-order valence-electron chi connectivity index (χ4n) is 5.22. The normalized spacial score (nSPS) is 17.1. The molecule has 2 atom stereocenters. The lowest BCUT2D eigenvalue weighted by atomic mass is 9.87. The Kier molecular flexibility index (Phi) is 13.5. The molecule has 0 fully saturated rings. The van der Waals surface area contributed by atoms with E-state index in [0.29, 0.717) is 17.9 Å². The molecule has 3 N–H and O–H groups in total. The number of aliphatic hydroxyl groups excluding tert-OH is 1. The second kappa shape index (κ2) is 17.0. The molecule has 1 aliphatic rings. The fourth-order valence-corrected chi connectivity index (χ4v) is 5.22. The van der Waals surface area contributed by atoms with Crippen molar-refractivity contribution in [3.63, 3.8) is 0 Å². The van der Waals surface area contributed by atoms with Gasteiger partial charge in [-0.05, 0) is 38.0 Å². The third-order valence-electron chi connectivity index (χ3n) is 7.44. The highest BCUT2D eigenvalue weighted by Gasteiger charge is 2.37. The minimum Gasteiger partial charge on any atom is -0.507 e. The maximum atomic E-state index is 11.0. The average molecular weight is 552 g/mol. The van der Waals surface area contributed by atoms with E-state index < -0.39 is 11.8 Å². The van der Waals surface area contributed by atoms with Gasteiger partial charge in [-0.1, -0.05) is 94.9 Å². The molecule has 0 bridgehead atoms. The van der Waals surface area contributed by atoms with E-state index in [-0.39, 0.29) is 19.0 Å². The summed E-state index contributed by atoms with van der Waals surface area (Å²) >= 11 is 0. The summed E-state index contributed by atoms with van der Waals surface area (Å²) in [5.74, 6) is 0.509. The first-order valence-electron chi connectivity index (χ1n) is 15.1. The number of ether oxygens (including phenoxy) is 2. The molecular weight excluding hydrogens is 502 g/mol. The molecule has 0 saturated heterocycles. The molecule has 1 unspecified atom stereocenters. The van der Waals surface area contributed by atoms with E-state index in [1.54, 1.807) is 24.5 Å². The monoisotopic (exact) mass is 551 g/mol. The van der Waals surface area contributed by atoms with Gasteiger partial charge in [0.2, 0.25) is 0 Å². The number of aryl methyl sites for hydroxylation is 2. The molecular formula is C33H49N3O4. The lowest BCUT2D eigenvalue weighted by Crippen LogP contribution is -2.43. The number of benzene rings is 2. The van der Waals surface area contributed by atoms with Gasteiger partial charge in [-0.25, -0.2) is 9.98 Å². The quantitative estimate of drug-likeness (QED) is 0.164. The highest BCUT2D eigenvalue weighted by molar-refractivity contribution is 5.77. The number of aliphatic imine (C=N–C) groups is 2. The van der Waals surface area contributed by atoms with Crippen molar-refractivity contribution >= 4 is 12.7 Å². The highest BCUT2D eigenvalue weighted by Crippen LogP contribution is 2.40. The van der Waals surface area contributed by atoms with Gasteiger partial charge in [0.15, 0.2) is 5.66 Å². The van der Waals surface area contributed by atoms with E-state index in [0.717, 1.165) is 23.1 Å². The molecule has 220 valence electrons. The summed E-state index contributed by atoms with van der Waals surface area (Å²) in [4.78, 5) is 8.71. The minimum atomic E-state index is -0.996. The van der Waals surface area contributed by atoms with E-state index in [2.05, 4.69) is 28.3 Å². The first-order valence-corrected chi connectivity index (χ1v) is 15.1. The zero-order valence-corrected chi connectivity index (χ0v) is 24.7. The van der Waals surface area contributed by atoms with E-state index in [1.165, 1.54) is 70.5 Å². The van der Waals surface area contributed by atoms with Crippen LogP contribution in [0.1, 0.15) is 99.8 Å². The van der Waals surface area contributed by atoms with Gasteiger partial charge in [-0.2, -0.15) is 0 Å². The summed E-state index contributed by atoms with van der Waals surface area (Å²) in [6.07, 6.45) is 16.6. The van der Waals surface area contributed by atoms with Crippen LogP contribution in [0.3, 0.4) is 0 Å². The largest absolute Gasteiger partial charge is 0.507 e. The number of nitrogens with zero attached hydrogens (tertiary/aromatic N) is 2. The van der Waals surface area contributed by atoms with Crippen LogP contribution in [0, 0.1) is 13.8 Å². The van der Waals surface area contributed by atoms with E-state index in [9.17, 15) is 10.2 Å². The molecule has 1 heterocycles. The summed E-state index contributed by atoms with van der Waals surface area (Å²) in [7, 11) is 0. The third-order valence-corrected chi connectivity index (χ3v) is 7.44. The summed E-state index contributed by atoms with van der Waals surface area (Å²) in [5, 5.41) is 24.5. The highest BCUT2D eigenvalue weighted by atomic mass is 16.5. The maximum Gasteiger partial charge on any atom is 0.188 e. The van der Waals surface area contributed by atoms with Crippen molar-refractivity contribution in [1.82, 2.24) is 5.32 Å². The number of unbranched alkanes of at least 4 members (excludes halogenated alkanes) is 10. The molecule has 1 aliphatic heterocycles. The Hall–Kier alpha value is -2.90. The van der Waals surface area contributed by atoms with E-state index in [1.807, 2.05) is 26.0 Å². The Balaban J connectivity index is 1.38. The smallest absolute Gasteiger partial charge is 0.188 e. The van der Waals surface area contributed by atoms with Gasteiger partial charge in [0.1, 0.15) is 30.5 Å². The van der Waals surface area contributed by atoms with Crippen LogP contribution < -0.4 is 10.1 Å². The first-order chi connectivity index (χ1) is 19.5. The second-order valence-electron chi connectivity index (χ2n) is 11.0. The summed E-state index contributed by atoms with van der Waals surface area (Å²) in [5.41, 5.74) is 2.72. The Labute approximate surface area is 240 Å². The van der Waals surface area contributed by atoms with Crippen LogP contribution in [0.25, 0.3) is 0 Å².